The molecule has 0 spiro atoms. The van der Waals surface area contributed by atoms with E-state index in [1.807, 2.05) is 54.3 Å². The van der Waals surface area contributed by atoms with Gasteiger partial charge in [0.25, 0.3) is 5.91 Å². The maximum absolute atomic E-state index is 12.6. The number of nitrogens with zero attached hydrogens (tertiary/aromatic N) is 2. The summed E-state index contributed by atoms with van der Waals surface area (Å²) in [6, 6.07) is 16.8. The molecule has 0 radical (unpaired) electrons. The number of rotatable bonds is 4. The highest BCUT2D eigenvalue weighted by atomic mass is 35.5. The lowest BCUT2D eigenvalue weighted by Gasteiger charge is -2.35. The minimum Gasteiger partial charge on any atom is -0.451 e. The van der Waals surface area contributed by atoms with Crippen molar-refractivity contribution >= 4 is 34.8 Å². The minimum atomic E-state index is -0.313. The van der Waals surface area contributed by atoms with E-state index in [1.54, 1.807) is 19.1 Å². The number of furan rings is 1. The monoisotopic (exact) mass is 437 g/mol. The molecule has 2 aromatic carbocycles. The van der Waals surface area contributed by atoms with Crippen molar-refractivity contribution in [2.24, 2.45) is 0 Å². The summed E-state index contributed by atoms with van der Waals surface area (Å²) in [5.41, 5.74) is 3.56. The van der Waals surface area contributed by atoms with Gasteiger partial charge in [-0.3, -0.25) is 9.59 Å². The number of nitrogens with one attached hydrogen (secondary N) is 1. The zero-order chi connectivity index (χ0) is 22.0. The van der Waals surface area contributed by atoms with Gasteiger partial charge in [-0.2, -0.15) is 0 Å². The van der Waals surface area contributed by atoms with Crippen molar-refractivity contribution in [3.8, 4) is 11.3 Å². The highest BCUT2D eigenvalue weighted by Gasteiger charge is 2.19. The van der Waals surface area contributed by atoms with Gasteiger partial charge in [-0.15, -0.1) is 0 Å². The van der Waals surface area contributed by atoms with E-state index in [0.717, 1.165) is 43.0 Å². The smallest absolute Gasteiger partial charge is 0.291 e. The molecular weight excluding hydrogens is 414 g/mol. The third kappa shape index (κ3) is 4.75. The maximum atomic E-state index is 12.6. The second kappa shape index (κ2) is 8.86. The molecule has 1 aliphatic heterocycles. The number of hydrogen-bond donors (Lipinski definition) is 1. The summed E-state index contributed by atoms with van der Waals surface area (Å²) in [4.78, 5) is 28.1. The molecule has 4 rings (SSSR count). The molecule has 1 aliphatic rings. The molecular formula is C24H24ClN3O3. The first-order valence-corrected chi connectivity index (χ1v) is 10.6. The van der Waals surface area contributed by atoms with Crippen molar-refractivity contribution in [3.63, 3.8) is 0 Å². The fraction of sp³-hybridized carbons (Fsp3) is 0.250. The van der Waals surface area contributed by atoms with Crippen LogP contribution in [0.4, 0.5) is 11.4 Å². The van der Waals surface area contributed by atoms with Crippen molar-refractivity contribution in [2.75, 3.05) is 36.4 Å². The Hall–Kier alpha value is -3.25. The molecule has 6 nitrogen and oxygen atoms in total. The standard InChI is InChI=1S/C24H24ClN3O3/c1-16-3-4-18(15-21(16)25)22-9-10-23(31-22)24(30)26-19-5-7-20(8-6-19)28-13-11-27(12-14-28)17(2)29/h3-10,15H,11-14H2,1-2H3,(H,26,30). The second-order valence-corrected chi connectivity index (χ2v) is 8.03. The van der Waals surface area contributed by atoms with Gasteiger partial charge < -0.3 is 19.5 Å². The van der Waals surface area contributed by atoms with E-state index in [9.17, 15) is 9.59 Å². The summed E-state index contributed by atoms with van der Waals surface area (Å²) in [5, 5.41) is 3.52. The lowest BCUT2D eigenvalue weighted by Crippen LogP contribution is -2.48. The molecule has 0 unspecified atom stereocenters. The number of amides is 2. The molecule has 2 amide bonds. The maximum Gasteiger partial charge on any atom is 0.291 e. The van der Waals surface area contributed by atoms with Crippen molar-refractivity contribution < 1.29 is 14.0 Å². The van der Waals surface area contributed by atoms with Crippen LogP contribution in [-0.4, -0.2) is 42.9 Å². The molecule has 0 aliphatic carbocycles. The SMILES string of the molecule is CC(=O)N1CCN(c2ccc(NC(=O)c3ccc(-c4ccc(C)c(Cl)c4)o3)cc2)CC1. The lowest BCUT2D eigenvalue weighted by atomic mass is 10.1. The van der Waals surface area contributed by atoms with Gasteiger partial charge in [0.1, 0.15) is 5.76 Å². The van der Waals surface area contributed by atoms with Crippen molar-refractivity contribution in [1.82, 2.24) is 4.90 Å². The van der Waals surface area contributed by atoms with Crippen LogP contribution >= 0.6 is 11.6 Å². The largest absolute Gasteiger partial charge is 0.451 e. The number of piperazine rings is 1. The number of benzene rings is 2. The van der Waals surface area contributed by atoms with E-state index in [1.165, 1.54) is 0 Å². The third-order valence-corrected chi connectivity index (χ3v) is 5.91. The molecule has 1 N–H and O–H groups in total. The molecule has 0 saturated carbocycles. The molecule has 3 aromatic rings. The Balaban J connectivity index is 1.38. The fourth-order valence-corrected chi connectivity index (χ4v) is 3.77. The topological polar surface area (TPSA) is 65.8 Å². The summed E-state index contributed by atoms with van der Waals surface area (Å²) >= 11 is 6.19. The number of hydrogen-bond acceptors (Lipinski definition) is 4. The molecule has 7 heteroatoms. The van der Waals surface area contributed by atoms with E-state index < -0.39 is 0 Å². The zero-order valence-electron chi connectivity index (χ0n) is 17.5. The van der Waals surface area contributed by atoms with Crippen LogP contribution in [0.15, 0.2) is 59.0 Å². The Bertz CT molecular complexity index is 1100. The van der Waals surface area contributed by atoms with Crippen molar-refractivity contribution in [3.05, 3.63) is 70.9 Å². The van der Waals surface area contributed by atoms with Gasteiger partial charge in [-0.25, -0.2) is 0 Å². The molecule has 1 aromatic heterocycles. The van der Waals surface area contributed by atoms with Crippen LogP contribution in [0.25, 0.3) is 11.3 Å². The molecule has 1 saturated heterocycles. The first kappa shape index (κ1) is 21.0. The number of anilines is 2. The van der Waals surface area contributed by atoms with Gasteiger partial charge in [0.2, 0.25) is 5.91 Å². The Morgan fingerprint density at radius 2 is 1.68 bits per heavy atom. The minimum absolute atomic E-state index is 0.115. The number of aryl methyl sites for hydroxylation is 1. The van der Waals surface area contributed by atoms with Crippen molar-refractivity contribution in [2.45, 2.75) is 13.8 Å². The number of halogens is 1. The Morgan fingerprint density at radius 1 is 0.968 bits per heavy atom. The predicted molar refractivity (Wildman–Crippen MR) is 123 cm³/mol. The number of carbonyl (C=O) groups excluding carboxylic acids is 2. The van der Waals surface area contributed by atoms with Crippen LogP contribution in [-0.2, 0) is 4.79 Å². The molecule has 160 valence electrons. The average molecular weight is 438 g/mol. The summed E-state index contributed by atoms with van der Waals surface area (Å²) in [6.45, 7) is 6.57. The summed E-state index contributed by atoms with van der Waals surface area (Å²) in [7, 11) is 0. The van der Waals surface area contributed by atoms with E-state index in [0.29, 0.717) is 16.5 Å². The average Bonchev–Trinajstić information content (AvgIpc) is 3.27. The third-order valence-electron chi connectivity index (χ3n) is 5.50. The molecule has 2 heterocycles. The fourth-order valence-electron chi connectivity index (χ4n) is 3.59. The van der Waals surface area contributed by atoms with Crippen LogP contribution < -0.4 is 10.2 Å². The molecule has 1 fully saturated rings. The zero-order valence-corrected chi connectivity index (χ0v) is 18.3. The molecule has 0 atom stereocenters. The van der Waals surface area contributed by atoms with Crippen molar-refractivity contribution in [1.29, 1.82) is 0 Å². The van der Waals surface area contributed by atoms with Gasteiger partial charge in [-0.05, 0) is 55.0 Å². The van der Waals surface area contributed by atoms with Gasteiger partial charge in [-0.1, -0.05) is 23.7 Å². The van der Waals surface area contributed by atoms with Crippen LogP contribution in [0.2, 0.25) is 5.02 Å². The van der Waals surface area contributed by atoms with Crippen LogP contribution in [0.1, 0.15) is 23.0 Å². The first-order chi connectivity index (χ1) is 14.9. The van der Waals surface area contributed by atoms with Gasteiger partial charge in [0.15, 0.2) is 5.76 Å². The van der Waals surface area contributed by atoms with E-state index in [4.69, 9.17) is 16.0 Å². The highest BCUT2D eigenvalue weighted by Crippen LogP contribution is 2.27. The van der Waals surface area contributed by atoms with Gasteiger partial charge in [0, 0.05) is 55.1 Å². The van der Waals surface area contributed by atoms with Gasteiger partial charge in [0.05, 0.1) is 0 Å². The quantitative estimate of drug-likeness (QED) is 0.635. The summed E-state index contributed by atoms with van der Waals surface area (Å²) in [5.74, 6) is 0.625. The summed E-state index contributed by atoms with van der Waals surface area (Å²) < 4.78 is 5.74. The first-order valence-electron chi connectivity index (χ1n) is 10.2. The van der Waals surface area contributed by atoms with Crippen LogP contribution in [0.3, 0.4) is 0 Å². The second-order valence-electron chi connectivity index (χ2n) is 7.62. The lowest BCUT2D eigenvalue weighted by molar-refractivity contribution is -0.129. The summed E-state index contributed by atoms with van der Waals surface area (Å²) in [6.07, 6.45) is 0. The van der Waals surface area contributed by atoms with E-state index in [-0.39, 0.29) is 17.6 Å². The van der Waals surface area contributed by atoms with E-state index in [2.05, 4.69) is 10.2 Å². The van der Waals surface area contributed by atoms with E-state index >= 15 is 0 Å². The predicted octanol–water partition coefficient (Wildman–Crippen LogP) is 4.83. The van der Waals surface area contributed by atoms with Gasteiger partial charge >= 0.3 is 0 Å². The Kier molecular flexibility index (Phi) is 6.00. The Morgan fingerprint density at radius 3 is 2.32 bits per heavy atom. The highest BCUT2D eigenvalue weighted by molar-refractivity contribution is 6.31. The van der Waals surface area contributed by atoms with Crippen LogP contribution in [0, 0.1) is 6.92 Å². The van der Waals surface area contributed by atoms with Crippen LogP contribution in [0.5, 0.6) is 0 Å². The number of carbonyl (C=O) groups is 2. The normalized spacial score (nSPS) is 13.9. The molecule has 31 heavy (non-hydrogen) atoms. The molecule has 0 bridgehead atoms. The Labute approximate surface area is 186 Å².